The lowest BCUT2D eigenvalue weighted by atomic mass is 10.1. The van der Waals surface area contributed by atoms with E-state index in [9.17, 15) is 8.42 Å². The Bertz CT molecular complexity index is 802. The number of nitrogens with zero attached hydrogens (tertiary/aromatic N) is 4. The van der Waals surface area contributed by atoms with E-state index in [2.05, 4.69) is 44.4 Å². The number of sulfonamides is 1. The van der Waals surface area contributed by atoms with Gasteiger partial charge in [0.2, 0.25) is 10.0 Å². The molecular formula is C21H35N5O3S. The number of guanidine groups is 1. The number of likely N-dealkylation sites (tertiary alicyclic amines) is 1. The van der Waals surface area contributed by atoms with Gasteiger partial charge in [0, 0.05) is 52.9 Å². The Morgan fingerprint density at radius 2 is 2.07 bits per heavy atom. The summed E-state index contributed by atoms with van der Waals surface area (Å²) in [6.45, 7) is 7.88. The van der Waals surface area contributed by atoms with Crippen molar-refractivity contribution in [1.82, 2.24) is 19.4 Å². The second-order valence-corrected chi connectivity index (χ2v) is 9.90. The molecule has 3 rings (SSSR count). The third-order valence-electron chi connectivity index (χ3n) is 5.85. The fourth-order valence-electron chi connectivity index (χ4n) is 4.29. The molecule has 9 heteroatoms. The lowest BCUT2D eigenvalue weighted by Crippen LogP contribution is -2.50. The maximum Gasteiger partial charge on any atom is 0.211 e. The standard InChI is InChI=1S/C21H35N5O3S/c1-4-26(30(3,27)28)12-8-11-23-21(22-2)25-16-19-20(17-25)29-14-13-24(19)15-18-9-6-5-7-10-18/h5-7,9-10,19-20H,4,8,11-17H2,1-3H3,(H,22,23). The predicted molar refractivity (Wildman–Crippen MR) is 120 cm³/mol. The first-order valence-electron chi connectivity index (χ1n) is 10.7. The van der Waals surface area contributed by atoms with Crippen LogP contribution in [0, 0.1) is 0 Å². The number of fused-ring (bicyclic) bond motifs is 1. The first kappa shape index (κ1) is 23.0. The maximum atomic E-state index is 11.7. The van der Waals surface area contributed by atoms with Crippen LogP contribution in [0.15, 0.2) is 35.3 Å². The number of hydrogen-bond acceptors (Lipinski definition) is 5. The molecule has 1 aromatic rings. The fourth-order valence-corrected chi connectivity index (χ4v) is 5.22. The number of aliphatic imine (C=N–C) groups is 1. The average Bonchev–Trinajstić information content (AvgIpc) is 3.16. The van der Waals surface area contributed by atoms with Crippen molar-refractivity contribution in [3.63, 3.8) is 0 Å². The summed E-state index contributed by atoms with van der Waals surface area (Å²) in [4.78, 5) is 9.22. The second-order valence-electron chi connectivity index (χ2n) is 7.92. The summed E-state index contributed by atoms with van der Waals surface area (Å²) >= 11 is 0. The molecule has 0 aromatic heterocycles. The molecule has 2 unspecified atom stereocenters. The minimum absolute atomic E-state index is 0.182. The SMILES string of the molecule is CCN(CCCNC(=NC)N1CC2OCCN(Cc3ccccc3)C2C1)S(C)(=O)=O. The van der Waals surface area contributed by atoms with Crippen molar-refractivity contribution < 1.29 is 13.2 Å². The molecule has 8 nitrogen and oxygen atoms in total. The van der Waals surface area contributed by atoms with Gasteiger partial charge in [-0.05, 0) is 12.0 Å². The molecule has 2 heterocycles. The average molecular weight is 438 g/mol. The molecule has 2 fully saturated rings. The zero-order valence-electron chi connectivity index (χ0n) is 18.3. The Morgan fingerprint density at radius 3 is 2.73 bits per heavy atom. The van der Waals surface area contributed by atoms with Crippen molar-refractivity contribution in [2.45, 2.75) is 32.0 Å². The van der Waals surface area contributed by atoms with Crippen LogP contribution in [0.2, 0.25) is 0 Å². The molecule has 2 atom stereocenters. The van der Waals surface area contributed by atoms with Gasteiger partial charge in [-0.1, -0.05) is 37.3 Å². The third-order valence-corrected chi connectivity index (χ3v) is 7.22. The van der Waals surface area contributed by atoms with E-state index in [-0.39, 0.29) is 6.10 Å². The van der Waals surface area contributed by atoms with Gasteiger partial charge >= 0.3 is 0 Å². The van der Waals surface area contributed by atoms with Crippen molar-refractivity contribution >= 4 is 16.0 Å². The number of nitrogens with one attached hydrogen (secondary N) is 1. The Kier molecular flexibility index (Phi) is 8.10. The van der Waals surface area contributed by atoms with Crippen LogP contribution < -0.4 is 5.32 Å². The minimum Gasteiger partial charge on any atom is -0.373 e. The zero-order valence-corrected chi connectivity index (χ0v) is 19.1. The summed E-state index contributed by atoms with van der Waals surface area (Å²) in [6, 6.07) is 10.9. The van der Waals surface area contributed by atoms with Crippen LogP contribution in [-0.4, -0.2) is 99.8 Å². The van der Waals surface area contributed by atoms with E-state index in [0.717, 1.165) is 45.2 Å². The summed E-state index contributed by atoms with van der Waals surface area (Å²) in [6.07, 6.45) is 2.18. The number of rotatable bonds is 8. The molecule has 0 amide bonds. The van der Waals surface area contributed by atoms with Gasteiger partial charge in [0.15, 0.2) is 5.96 Å². The molecule has 0 radical (unpaired) electrons. The van der Waals surface area contributed by atoms with Gasteiger partial charge < -0.3 is 15.0 Å². The van der Waals surface area contributed by atoms with Crippen LogP contribution in [0.25, 0.3) is 0 Å². The van der Waals surface area contributed by atoms with Crippen LogP contribution in [-0.2, 0) is 21.3 Å². The van der Waals surface area contributed by atoms with Crippen LogP contribution in [0.4, 0.5) is 0 Å². The number of benzene rings is 1. The van der Waals surface area contributed by atoms with Gasteiger partial charge in [0.25, 0.3) is 0 Å². The highest BCUT2D eigenvalue weighted by molar-refractivity contribution is 7.88. The van der Waals surface area contributed by atoms with Gasteiger partial charge in [0.05, 0.1) is 25.0 Å². The van der Waals surface area contributed by atoms with Crippen LogP contribution in [0.5, 0.6) is 0 Å². The normalized spacial score (nSPS) is 23.1. The monoisotopic (exact) mass is 437 g/mol. The second kappa shape index (κ2) is 10.6. The highest BCUT2D eigenvalue weighted by Crippen LogP contribution is 2.24. The minimum atomic E-state index is -3.14. The van der Waals surface area contributed by atoms with E-state index >= 15 is 0 Å². The first-order valence-corrected chi connectivity index (χ1v) is 12.6. The molecule has 2 aliphatic heterocycles. The molecule has 0 spiro atoms. The van der Waals surface area contributed by atoms with E-state index in [1.165, 1.54) is 16.1 Å². The van der Waals surface area contributed by atoms with Crippen LogP contribution in [0.3, 0.4) is 0 Å². The molecule has 168 valence electrons. The summed E-state index contributed by atoms with van der Waals surface area (Å²) in [7, 11) is -1.35. The molecule has 2 aliphatic rings. The molecule has 1 N–H and O–H groups in total. The van der Waals surface area contributed by atoms with Crippen molar-refractivity contribution in [2.75, 3.05) is 59.2 Å². The molecule has 30 heavy (non-hydrogen) atoms. The first-order chi connectivity index (χ1) is 14.4. The quantitative estimate of drug-likeness (QED) is 0.369. The van der Waals surface area contributed by atoms with E-state index < -0.39 is 10.0 Å². The van der Waals surface area contributed by atoms with Gasteiger partial charge in [-0.2, -0.15) is 0 Å². The van der Waals surface area contributed by atoms with Gasteiger partial charge in [-0.15, -0.1) is 0 Å². The third kappa shape index (κ3) is 5.94. The summed E-state index contributed by atoms with van der Waals surface area (Å²) in [5, 5.41) is 3.40. The van der Waals surface area contributed by atoms with Crippen molar-refractivity contribution in [3.8, 4) is 0 Å². The van der Waals surface area contributed by atoms with Crippen molar-refractivity contribution in [1.29, 1.82) is 0 Å². The predicted octanol–water partition coefficient (Wildman–Crippen LogP) is 0.819. The fraction of sp³-hybridized carbons (Fsp3) is 0.667. The number of ether oxygens (including phenoxy) is 1. The lowest BCUT2D eigenvalue weighted by molar-refractivity contribution is -0.0502. The van der Waals surface area contributed by atoms with E-state index in [1.807, 2.05) is 13.0 Å². The maximum absolute atomic E-state index is 11.7. The van der Waals surface area contributed by atoms with E-state index in [0.29, 0.717) is 25.7 Å². The highest BCUT2D eigenvalue weighted by Gasteiger charge is 2.41. The Labute approximate surface area is 180 Å². The zero-order chi connectivity index (χ0) is 21.6. The Hall–Kier alpha value is -1.68. The Morgan fingerprint density at radius 1 is 1.30 bits per heavy atom. The number of hydrogen-bond donors (Lipinski definition) is 1. The van der Waals surface area contributed by atoms with E-state index in [4.69, 9.17) is 4.74 Å². The van der Waals surface area contributed by atoms with Gasteiger partial charge in [-0.3, -0.25) is 9.89 Å². The van der Waals surface area contributed by atoms with Crippen LogP contribution in [0.1, 0.15) is 18.9 Å². The Balaban J connectivity index is 1.52. The van der Waals surface area contributed by atoms with Crippen molar-refractivity contribution in [3.05, 3.63) is 35.9 Å². The van der Waals surface area contributed by atoms with Crippen LogP contribution >= 0.6 is 0 Å². The van der Waals surface area contributed by atoms with Crippen molar-refractivity contribution in [2.24, 2.45) is 4.99 Å². The van der Waals surface area contributed by atoms with E-state index in [1.54, 1.807) is 7.05 Å². The molecule has 2 saturated heterocycles. The molecule has 0 aliphatic carbocycles. The lowest BCUT2D eigenvalue weighted by Gasteiger charge is -2.36. The molecule has 0 bridgehead atoms. The van der Waals surface area contributed by atoms with Gasteiger partial charge in [0.1, 0.15) is 0 Å². The molecule has 0 saturated carbocycles. The summed E-state index contributed by atoms with van der Waals surface area (Å²) in [5.74, 6) is 0.857. The molecular weight excluding hydrogens is 402 g/mol. The van der Waals surface area contributed by atoms with Gasteiger partial charge in [-0.25, -0.2) is 12.7 Å². The largest absolute Gasteiger partial charge is 0.373 e. The summed E-state index contributed by atoms with van der Waals surface area (Å²) in [5.41, 5.74) is 1.32. The number of morpholine rings is 1. The molecule has 1 aromatic carbocycles. The summed E-state index contributed by atoms with van der Waals surface area (Å²) < 4.78 is 31.0. The smallest absolute Gasteiger partial charge is 0.211 e. The topological polar surface area (TPSA) is 77.5 Å². The highest BCUT2D eigenvalue weighted by atomic mass is 32.2.